The van der Waals surface area contributed by atoms with Crippen molar-refractivity contribution in [1.82, 2.24) is 10.1 Å². The van der Waals surface area contributed by atoms with E-state index in [2.05, 4.69) is 24.0 Å². The van der Waals surface area contributed by atoms with Crippen molar-refractivity contribution in [1.29, 1.82) is 0 Å². The SMILES string of the molecule is Cc1noc(C)c1-c1cccc(C(C)C)n1. The first-order chi connectivity index (χ1) is 7.59. The lowest BCUT2D eigenvalue weighted by atomic mass is 10.1. The first kappa shape index (κ1) is 10.9. The average molecular weight is 216 g/mol. The zero-order chi connectivity index (χ0) is 11.7. The van der Waals surface area contributed by atoms with Gasteiger partial charge in [-0.3, -0.25) is 4.98 Å². The number of aromatic nitrogens is 2. The van der Waals surface area contributed by atoms with Gasteiger partial charge in [-0.1, -0.05) is 25.1 Å². The van der Waals surface area contributed by atoms with Crippen LogP contribution in [0, 0.1) is 13.8 Å². The van der Waals surface area contributed by atoms with Gasteiger partial charge >= 0.3 is 0 Å². The molecule has 0 unspecified atom stereocenters. The summed E-state index contributed by atoms with van der Waals surface area (Å²) in [6.07, 6.45) is 0. The highest BCUT2D eigenvalue weighted by Gasteiger charge is 2.13. The molecular weight excluding hydrogens is 200 g/mol. The molecule has 0 aromatic carbocycles. The highest BCUT2D eigenvalue weighted by Crippen LogP contribution is 2.26. The van der Waals surface area contributed by atoms with Crippen molar-refractivity contribution in [2.75, 3.05) is 0 Å². The van der Waals surface area contributed by atoms with Gasteiger partial charge in [0.2, 0.25) is 0 Å². The number of hydrogen-bond acceptors (Lipinski definition) is 3. The Morgan fingerprint density at radius 2 is 1.94 bits per heavy atom. The molecule has 0 aliphatic rings. The van der Waals surface area contributed by atoms with Crippen LogP contribution in [0.15, 0.2) is 22.7 Å². The van der Waals surface area contributed by atoms with Crippen LogP contribution in [0.3, 0.4) is 0 Å². The second kappa shape index (κ2) is 4.08. The molecule has 3 heteroatoms. The third-order valence-corrected chi connectivity index (χ3v) is 2.65. The monoisotopic (exact) mass is 216 g/mol. The van der Waals surface area contributed by atoms with Gasteiger partial charge in [0, 0.05) is 5.69 Å². The van der Waals surface area contributed by atoms with E-state index in [1.807, 2.05) is 32.0 Å². The number of rotatable bonds is 2. The van der Waals surface area contributed by atoms with E-state index in [0.717, 1.165) is 28.4 Å². The molecule has 0 spiro atoms. The van der Waals surface area contributed by atoms with Gasteiger partial charge in [0.05, 0.1) is 17.0 Å². The van der Waals surface area contributed by atoms with Crippen LogP contribution < -0.4 is 0 Å². The van der Waals surface area contributed by atoms with Crippen molar-refractivity contribution >= 4 is 0 Å². The van der Waals surface area contributed by atoms with Crippen LogP contribution in [0.2, 0.25) is 0 Å². The standard InChI is InChI=1S/C13H16N2O/c1-8(2)11-6-5-7-12(14-11)13-9(3)15-16-10(13)4/h5-8H,1-4H3. The molecule has 0 aliphatic carbocycles. The van der Waals surface area contributed by atoms with Gasteiger partial charge in [-0.15, -0.1) is 0 Å². The molecule has 0 bridgehead atoms. The largest absolute Gasteiger partial charge is 0.361 e. The molecule has 2 aromatic rings. The van der Waals surface area contributed by atoms with E-state index in [0.29, 0.717) is 5.92 Å². The molecule has 0 N–H and O–H groups in total. The van der Waals surface area contributed by atoms with E-state index < -0.39 is 0 Å². The van der Waals surface area contributed by atoms with Crippen molar-refractivity contribution < 1.29 is 4.52 Å². The van der Waals surface area contributed by atoms with E-state index in [1.165, 1.54) is 0 Å². The van der Waals surface area contributed by atoms with Gasteiger partial charge in [0.1, 0.15) is 5.76 Å². The van der Waals surface area contributed by atoms with Gasteiger partial charge < -0.3 is 4.52 Å². The molecule has 3 nitrogen and oxygen atoms in total. The Balaban J connectivity index is 2.52. The minimum absolute atomic E-state index is 0.431. The lowest BCUT2D eigenvalue weighted by Gasteiger charge is -2.06. The molecule has 0 radical (unpaired) electrons. The maximum absolute atomic E-state index is 5.16. The number of aryl methyl sites for hydroxylation is 2. The number of hydrogen-bond donors (Lipinski definition) is 0. The predicted octanol–water partition coefficient (Wildman–Crippen LogP) is 3.48. The van der Waals surface area contributed by atoms with E-state index in [9.17, 15) is 0 Å². The highest BCUT2D eigenvalue weighted by atomic mass is 16.5. The average Bonchev–Trinajstić information content (AvgIpc) is 2.59. The van der Waals surface area contributed by atoms with Crippen molar-refractivity contribution in [3.05, 3.63) is 35.3 Å². The Kier molecular flexibility index (Phi) is 2.77. The molecule has 0 amide bonds. The van der Waals surface area contributed by atoms with E-state index in [4.69, 9.17) is 4.52 Å². The second-order valence-corrected chi connectivity index (χ2v) is 4.30. The summed E-state index contributed by atoms with van der Waals surface area (Å²) in [6, 6.07) is 6.08. The smallest absolute Gasteiger partial charge is 0.143 e. The van der Waals surface area contributed by atoms with Gasteiger partial charge in [0.15, 0.2) is 0 Å². The molecule has 0 saturated carbocycles. The minimum Gasteiger partial charge on any atom is -0.361 e. The van der Waals surface area contributed by atoms with Crippen molar-refractivity contribution in [2.45, 2.75) is 33.6 Å². The van der Waals surface area contributed by atoms with E-state index in [-0.39, 0.29) is 0 Å². The van der Waals surface area contributed by atoms with E-state index in [1.54, 1.807) is 0 Å². The summed E-state index contributed by atoms with van der Waals surface area (Å²) in [6.45, 7) is 8.13. The molecule has 84 valence electrons. The van der Waals surface area contributed by atoms with Crippen LogP contribution in [-0.2, 0) is 0 Å². The Morgan fingerprint density at radius 1 is 1.19 bits per heavy atom. The number of nitrogens with zero attached hydrogens (tertiary/aromatic N) is 2. The highest BCUT2D eigenvalue weighted by molar-refractivity contribution is 5.63. The number of pyridine rings is 1. The fourth-order valence-electron chi connectivity index (χ4n) is 1.76. The van der Waals surface area contributed by atoms with Crippen LogP contribution in [0.4, 0.5) is 0 Å². The first-order valence-corrected chi connectivity index (χ1v) is 5.49. The molecule has 2 aromatic heterocycles. The van der Waals surface area contributed by atoms with Crippen LogP contribution in [0.5, 0.6) is 0 Å². The maximum atomic E-state index is 5.16. The Labute approximate surface area is 95.5 Å². The van der Waals surface area contributed by atoms with Crippen molar-refractivity contribution in [3.8, 4) is 11.3 Å². The third kappa shape index (κ3) is 1.85. The zero-order valence-corrected chi connectivity index (χ0v) is 10.1. The Morgan fingerprint density at radius 3 is 2.50 bits per heavy atom. The summed E-state index contributed by atoms with van der Waals surface area (Å²) in [5.41, 5.74) is 3.95. The van der Waals surface area contributed by atoms with Gasteiger partial charge in [-0.05, 0) is 31.9 Å². The quantitative estimate of drug-likeness (QED) is 0.771. The van der Waals surface area contributed by atoms with Crippen LogP contribution in [-0.4, -0.2) is 10.1 Å². The normalized spacial score (nSPS) is 11.1. The summed E-state index contributed by atoms with van der Waals surface area (Å²) in [4.78, 5) is 4.64. The second-order valence-electron chi connectivity index (χ2n) is 4.30. The Hall–Kier alpha value is -1.64. The summed E-state index contributed by atoms with van der Waals surface area (Å²) < 4.78 is 5.16. The van der Waals surface area contributed by atoms with Crippen LogP contribution in [0.25, 0.3) is 11.3 Å². The fourth-order valence-corrected chi connectivity index (χ4v) is 1.76. The molecule has 0 fully saturated rings. The molecule has 2 heterocycles. The molecule has 16 heavy (non-hydrogen) atoms. The molecule has 0 atom stereocenters. The predicted molar refractivity (Wildman–Crippen MR) is 63.3 cm³/mol. The van der Waals surface area contributed by atoms with Crippen LogP contribution >= 0.6 is 0 Å². The first-order valence-electron chi connectivity index (χ1n) is 5.49. The summed E-state index contributed by atoms with van der Waals surface area (Å²) in [7, 11) is 0. The maximum Gasteiger partial charge on any atom is 0.143 e. The summed E-state index contributed by atoms with van der Waals surface area (Å²) >= 11 is 0. The summed E-state index contributed by atoms with van der Waals surface area (Å²) in [5, 5.41) is 3.95. The molecule has 0 aliphatic heterocycles. The van der Waals surface area contributed by atoms with Gasteiger partial charge in [0.25, 0.3) is 0 Å². The van der Waals surface area contributed by atoms with Crippen LogP contribution in [0.1, 0.15) is 36.9 Å². The third-order valence-electron chi connectivity index (χ3n) is 2.65. The lowest BCUT2D eigenvalue weighted by molar-refractivity contribution is 0.393. The van der Waals surface area contributed by atoms with Gasteiger partial charge in [-0.25, -0.2) is 0 Å². The van der Waals surface area contributed by atoms with Gasteiger partial charge in [-0.2, -0.15) is 0 Å². The molecule has 2 rings (SSSR count). The molecule has 0 saturated heterocycles. The minimum atomic E-state index is 0.431. The Bertz CT molecular complexity index is 481. The molecular formula is C13H16N2O. The fraction of sp³-hybridized carbons (Fsp3) is 0.385. The van der Waals surface area contributed by atoms with E-state index >= 15 is 0 Å². The summed E-state index contributed by atoms with van der Waals surface area (Å²) in [5.74, 6) is 1.26. The van der Waals surface area contributed by atoms with Crippen molar-refractivity contribution in [3.63, 3.8) is 0 Å². The van der Waals surface area contributed by atoms with Crippen molar-refractivity contribution in [2.24, 2.45) is 0 Å². The topological polar surface area (TPSA) is 38.9 Å². The lowest BCUT2D eigenvalue weighted by Crippen LogP contribution is -1.94. The zero-order valence-electron chi connectivity index (χ0n) is 10.1.